The van der Waals surface area contributed by atoms with Gasteiger partial charge in [-0.2, -0.15) is 0 Å². The molecule has 0 aliphatic carbocycles. The molecule has 1 aromatic carbocycles. The van der Waals surface area contributed by atoms with Gasteiger partial charge < -0.3 is 15.0 Å². The normalized spacial score (nSPS) is 20.2. The third-order valence-electron chi connectivity index (χ3n) is 3.95. The van der Waals surface area contributed by atoms with E-state index in [4.69, 9.17) is 4.74 Å². The highest BCUT2D eigenvalue weighted by Crippen LogP contribution is 2.19. The number of amides is 2. The van der Waals surface area contributed by atoms with E-state index in [1.807, 2.05) is 30.3 Å². The quantitative estimate of drug-likeness (QED) is 0.891. The minimum Gasteiger partial charge on any atom is -0.375 e. The first-order valence-corrected chi connectivity index (χ1v) is 7.21. The van der Waals surface area contributed by atoms with Gasteiger partial charge in [-0.25, -0.2) is 0 Å². The predicted molar refractivity (Wildman–Crippen MR) is 79.6 cm³/mol. The third kappa shape index (κ3) is 4.04. The molecular formula is C16H22N2O3. The highest BCUT2D eigenvalue weighted by Gasteiger charge is 2.28. The number of nitrogens with one attached hydrogen (secondary N) is 1. The Hall–Kier alpha value is -1.88. The maximum Gasteiger partial charge on any atom is 0.223 e. The van der Waals surface area contributed by atoms with Crippen molar-refractivity contribution in [3.8, 4) is 0 Å². The van der Waals surface area contributed by atoms with Crippen LogP contribution >= 0.6 is 0 Å². The van der Waals surface area contributed by atoms with Crippen molar-refractivity contribution in [2.45, 2.75) is 18.9 Å². The first-order chi connectivity index (χ1) is 10.1. The van der Waals surface area contributed by atoms with Crippen molar-refractivity contribution < 1.29 is 14.3 Å². The molecule has 0 unspecified atom stereocenters. The second-order valence-corrected chi connectivity index (χ2v) is 5.39. The number of methoxy groups -OCH3 is 1. The summed E-state index contributed by atoms with van der Waals surface area (Å²) in [6, 6.07) is 9.77. The predicted octanol–water partition coefficient (Wildman–Crippen LogP) is 1.36. The van der Waals surface area contributed by atoms with Gasteiger partial charge in [-0.15, -0.1) is 0 Å². The van der Waals surface area contributed by atoms with Gasteiger partial charge in [-0.1, -0.05) is 30.3 Å². The van der Waals surface area contributed by atoms with Crippen LogP contribution in [-0.4, -0.2) is 44.0 Å². The average Bonchev–Trinajstić information content (AvgIpc) is 2.51. The lowest BCUT2D eigenvalue weighted by Crippen LogP contribution is -2.43. The smallest absolute Gasteiger partial charge is 0.223 e. The van der Waals surface area contributed by atoms with Gasteiger partial charge in [0, 0.05) is 39.6 Å². The first-order valence-electron chi connectivity index (χ1n) is 7.21. The molecule has 2 amide bonds. The first kappa shape index (κ1) is 15.5. The Bertz CT molecular complexity index is 490. The summed E-state index contributed by atoms with van der Waals surface area (Å²) in [6.07, 6.45) is 0.847. The molecule has 0 saturated carbocycles. The van der Waals surface area contributed by atoms with Gasteiger partial charge >= 0.3 is 0 Å². The standard InChI is InChI=1S/C16H22N2O3/c1-18-9-8-13(10-15(18)19)16(20)17-11-14(21-2)12-6-4-3-5-7-12/h3-7,13-14H,8-11H2,1-2H3,(H,17,20)/t13-,14+/m0/s1. The number of ether oxygens (including phenoxy) is 1. The molecule has 2 atom stereocenters. The van der Waals surface area contributed by atoms with Gasteiger partial charge in [0.1, 0.15) is 0 Å². The van der Waals surface area contributed by atoms with Gasteiger partial charge in [-0.05, 0) is 12.0 Å². The van der Waals surface area contributed by atoms with Crippen molar-refractivity contribution in [2.24, 2.45) is 5.92 Å². The van der Waals surface area contributed by atoms with Crippen LogP contribution in [0.5, 0.6) is 0 Å². The van der Waals surface area contributed by atoms with Crippen LogP contribution in [0.15, 0.2) is 30.3 Å². The van der Waals surface area contributed by atoms with E-state index >= 15 is 0 Å². The molecule has 1 aliphatic heterocycles. The molecule has 5 nitrogen and oxygen atoms in total. The fourth-order valence-electron chi connectivity index (χ4n) is 2.51. The van der Waals surface area contributed by atoms with E-state index in [0.29, 0.717) is 19.5 Å². The average molecular weight is 290 g/mol. The van der Waals surface area contributed by atoms with Crippen LogP contribution in [0.2, 0.25) is 0 Å². The highest BCUT2D eigenvalue weighted by molar-refractivity contribution is 5.86. The molecule has 21 heavy (non-hydrogen) atoms. The Morgan fingerprint density at radius 3 is 2.76 bits per heavy atom. The molecule has 1 aliphatic rings. The summed E-state index contributed by atoms with van der Waals surface area (Å²) in [5, 5.41) is 2.90. The maximum atomic E-state index is 12.2. The summed E-state index contributed by atoms with van der Waals surface area (Å²) in [4.78, 5) is 25.5. The molecule has 1 aromatic rings. The Balaban J connectivity index is 1.87. The third-order valence-corrected chi connectivity index (χ3v) is 3.95. The van der Waals surface area contributed by atoms with Crippen molar-refractivity contribution in [3.63, 3.8) is 0 Å². The molecule has 0 radical (unpaired) electrons. The second-order valence-electron chi connectivity index (χ2n) is 5.39. The zero-order valence-electron chi connectivity index (χ0n) is 12.5. The number of likely N-dealkylation sites (tertiary alicyclic amines) is 1. The molecule has 0 aromatic heterocycles. The Labute approximate surface area is 125 Å². The summed E-state index contributed by atoms with van der Waals surface area (Å²) in [5.74, 6) is -0.246. The minimum atomic E-state index is -0.220. The lowest BCUT2D eigenvalue weighted by molar-refractivity contribution is -0.139. The van der Waals surface area contributed by atoms with Crippen LogP contribution < -0.4 is 5.32 Å². The number of carbonyl (C=O) groups excluding carboxylic acids is 2. The van der Waals surface area contributed by atoms with E-state index in [9.17, 15) is 9.59 Å². The molecule has 5 heteroatoms. The SMILES string of the molecule is CO[C@H](CNC(=O)[C@H]1CCN(C)C(=O)C1)c1ccccc1. The summed E-state index contributed by atoms with van der Waals surface area (Å²) >= 11 is 0. The number of carbonyl (C=O) groups is 2. The topological polar surface area (TPSA) is 58.6 Å². The molecule has 1 fully saturated rings. The van der Waals surface area contributed by atoms with E-state index in [0.717, 1.165) is 12.0 Å². The van der Waals surface area contributed by atoms with Crippen molar-refractivity contribution in [3.05, 3.63) is 35.9 Å². The molecule has 114 valence electrons. The molecule has 0 bridgehead atoms. The van der Waals surface area contributed by atoms with Crippen LogP contribution in [0.3, 0.4) is 0 Å². The Morgan fingerprint density at radius 2 is 2.14 bits per heavy atom. The van der Waals surface area contributed by atoms with Crippen LogP contribution in [0.1, 0.15) is 24.5 Å². The van der Waals surface area contributed by atoms with Crippen molar-refractivity contribution in [2.75, 3.05) is 27.2 Å². The number of piperidine rings is 1. The highest BCUT2D eigenvalue weighted by atomic mass is 16.5. The van der Waals surface area contributed by atoms with Gasteiger partial charge in [-0.3, -0.25) is 9.59 Å². The summed E-state index contributed by atoms with van der Waals surface area (Å²) in [6.45, 7) is 1.06. The Kier molecular flexibility index (Phi) is 5.33. The van der Waals surface area contributed by atoms with E-state index in [2.05, 4.69) is 5.32 Å². The van der Waals surface area contributed by atoms with Crippen molar-refractivity contribution >= 4 is 11.8 Å². The van der Waals surface area contributed by atoms with Crippen LogP contribution in [0.25, 0.3) is 0 Å². The number of hydrogen-bond donors (Lipinski definition) is 1. The Morgan fingerprint density at radius 1 is 1.43 bits per heavy atom. The molecule has 1 saturated heterocycles. The van der Waals surface area contributed by atoms with E-state index < -0.39 is 0 Å². The fraction of sp³-hybridized carbons (Fsp3) is 0.500. The number of nitrogens with zero attached hydrogens (tertiary/aromatic N) is 1. The molecule has 1 N–H and O–H groups in total. The van der Waals surface area contributed by atoms with E-state index in [-0.39, 0.29) is 23.8 Å². The fourth-order valence-corrected chi connectivity index (χ4v) is 2.51. The van der Waals surface area contributed by atoms with E-state index in [1.165, 1.54) is 0 Å². The monoisotopic (exact) mass is 290 g/mol. The second kappa shape index (κ2) is 7.22. The molecule has 2 rings (SSSR count). The zero-order valence-corrected chi connectivity index (χ0v) is 12.5. The number of hydrogen-bond acceptors (Lipinski definition) is 3. The summed E-state index contributed by atoms with van der Waals surface area (Å²) in [7, 11) is 3.40. The molecule has 0 spiro atoms. The van der Waals surface area contributed by atoms with Crippen LogP contribution in [0.4, 0.5) is 0 Å². The number of rotatable bonds is 5. The lowest BCUT2D eigenvalue weighted by Gasteiger charge is -2.28. The van der Waals surface area contributed by atoms with Crippen molar-refractivity contribution in [1.29, 1.82) is 0 Å². The minimum absolute atomic E-state index is 0.0350. The summed E-state index contributed by atoms with van der Waals surface area (Å²) in [5.41, 5.74) is 1.03. The van der Waals surface area contributed by atoms with Gasteiger partial charge in [0.05, 0.1) is 6.10 Å². The zero-order chi connectivity index (χ0) is 15.2. The lowest BCUT2D eigenvalue weighted by atomic mass is 9.95. The van der Waals surface area contributed by atoms with Crippen LogP contribution in [0, 0.1) is 5.92 Å². The van der Waals surface area contributed by atoms with Crippen LogP contribution in [-0.2, 0) is 14.3 Å². The maximum absolute atomic E-state index is 12.2. The van der Waals surface area contributed by atoms with Gasteiger partial charge in [0.15, 0.2) is 0 Å². The van der Waals surface area contributed by atoms with E-state index in [1.54, 1.807) is 19.1 Å². The van der Waals surface area contributed by atoms with Crippen molar-refractivity contribution in [1.82, 2.24) is 10.2 Å². The largest absolute Gasteiger partial charge is 0.375 e. The number of benzene rings is 1. The van der Waals surface area contributed by atoms with Gasteiger partial charge in [0.25, 0.3) is 0 Å². The van der Waals surface area contributed by atoms with Gasteiger partial charge in [0.2, 0.25) is 11.8 Å². The molecule has 1 heterocycles. The molecular weight excluding hydrogens is 268 g/mol. The summed E-state index contributed by atoms with van der Waals surface area (Å²) < 4.78 is 5.42.